The first-order chi connectivity index (χ1) is 9.44. The molecule has 20 heavy (non-hydrogen) atoms. The van der Waals surface area contributed by atoms with Crippen LogP contribution in [0, 0.1) is 0 Å². The molecule has 9 heteroatoms. The number of allylic oxidation sites excluding steroid dienone is 1. The summed E-state index contributed by atoms with van der Waals surface area (Å²) in [6.07, 6.45) is 0.898. The van der Waals surface area contributed by atoms with E-state index in [1.807, 2.05) is 0 Å². The van der Waals surface area contributed by atoms with Crippen molar-refractivity contribution >= 4 is 19.7 Å². The normalized spacial score (nSPS) is 15.0. The summed E-state index contributed by atoms with van der Waals surface area (Å²) in [7, 11) is -9.28. The van der Waals surface area contributed by atoms with Crippen LogP contribution in [-0.4, -0.2) is 28.3 Å². The summed E-state index contributed by atoms with van der Waals surface area (Å²) in [6, 6.07) is 3.27. The molecule has 0 fully saturated rings. The van der Waals surface area contributed by atoms with Gasteiger partial charge in [0, 0.05) is 7.63 Å². The fourth-order valence-corrected chi connectivity index (χ4v) is 3.18. The SMILES string of the molecule is [2H]CC=C(F)C(F)(F)S(=O)(=O)c1cccc(S(C)(=O)=O)c1. The maximum absolute atomic E-state index is 13.6. The van der Waals surface area contributed by atoms with Crippen molar-refractivity contribution in [1.29, 1.82) is 0 Å². The molecule has 0 heterocycles. The maximum Gasteiger partial charge on any atom is 0.400 e. The highest BCUT2D eigenvalue weighted by atomic mass is 32.2. The first kappa shape index (κ1) is 15.0. The number of benzene rings is 1. The van der Waals surface area contributed by atoms with Gasteiger partial charge in [-0.3, -0.25) is 0 Å². The minimum absolute atomic E-state index is 0.123. The zero-order valence-corrected chi connectivity index (χ0v) is 11.8. The van der Waals surface area contributed by atoms with E-state index in [2.05, 4.69) is 0 Å². The van der Waals surface area contributed by atoms with E-state index in [1.165, 1.54) is 0 Å². The third kappa shape index (κ3) is 2.88. The summed E-state index contributed by atoms with van der Waals surface area (Å²) < 4.78 is 93.2. The second kappa shape index (κ2) is 5.21. The Kier molecular flexibility index (Phi) is 3.92. The topological polar surface area (TPSA) is 68.3 Å². The van der Waals surface area contributed by atoms with E-state index in [4.69, 9.17) is 1.37 Å². The lowest BCUT2D eigenvalue weighted by atomic mass is 10.4. The van der Waals surface area contributed by atoms with Gasteiger partial charge in [0.05, 0.1) is 9.79 Å². The van der Waals surface area contributed by atoms with E-state index in [1.54, 1.807) is 0 Å². The lowest BCUT2D eigenvalue weighted by Gasteiger charge is -2.15. The Bertz CT molecular complexity index is 770. The Hall–Kier alpha value is -1.35. The summed E-state index contributed by atoms with van der Waals surface area (Å²) in [5, 5.41) is -4.87. The van der Waals surface area contributed by atoms with Gasteiger partial charge in [0.2, 0.25) is 0 Å². The van der Waals surface area contributed by atoms with Crippen molar-refractivity contribution in [2.45, 2.75) is 21.9 Å². The molecular weight excluding hydrogens is 317 g/mol. The van der Waals surface area contributed by atoms with E-state index in [0.29, 0.717) is 6.07 Å². The molecule has 0 saturated carbocycles. The summed E-state index contributed by atoms with van der Waals surface area (Å²) in [5.74, 6) is -2.28. The smallest absolute Gasteiger partial charge is 0.224 e. The number of halogens is 3. The lowest BCUT2D eigenvalue weighted by molar-refractivity contribution is 0.105. The van der Waals surface area contributed by atoms with E-state index >= 15 is 0 Å². The Morgan fingerprint density at radius 2 is 1.80 bits per heavy atom. The molecule has 1 aromatic rings. The molecule has 0 atom stereocenters. The predicted octanol–water partition coefficient (Wildman–Crippen LogP) is 2.33. The average molecular weight is 329 g/mol. The second-order valence-corrected chi connectivity index (χ2v) is 7.83. The molecule has 0 spiro atoms. The van der Waals surface area contributed by atoms with E-state index in [0.717, 1.165) is 24.5 Å². The van der Waals surface area contributed by atoms with Crippen LogP contribution in [0.3, 0.4) is 0 Å². The average Bonchev–Trinajstić information content (AvgIpc) is 2.38. The number of rotatable bonds is 4. The molecule has 0 radical (unpaired) electrons. The van der Waals surface area contributed by atoms with E-state index in [-0.39, 0.29) is 6.08 Å². The molecule has 112 valence electrons. The Morgan fingerprint density at radius 1 is 1.25 bits per heavy atom. The van der Waals surface area contributed by atoms with Gasteiger partial charge < -0.3 is 0 Å². The molecule has 4 nitrogen and oxygen atoms in total. The van der Waals surface area contributed by atoms with Crippen LogP contribution in [0.5, 0.6) is 0 Å². The molecular formula is C11H11F3O4S2. The molecule has 1 aromatic carbocycles. The number of hydrogen-bond donors (Lipinski definition) is 0. The van der Waals surface area contributed by atoms with Crippen LogP contribution in [0.25, 0.3) is 0 Å². The highest BCUT2D eigenvalue weighted by molar-refractivity contribution is 7.93. The Balaban J connectivity index is 3.49. The van der Waals surface area contributed by atoms with Gasteiger partial charge in [0.1, 0.15) is 0 Å². The molecule has 0 saturated heterocycles. The van der Waals surface area contributed by atoms with E-state index in [9.17, 15) is 30.0 Å². The van der Waals surface area contributed by atoms with Crippen LogP contribution in [-0.2, 0) is 19.7 Å². The molecule has 0 unspecified atom stereocenters. The van der Waals surface area contributed by atoms with Crippen LogP contribution >= 0.6 is 0 Å². The summed E-state index contributed by atoms with van der Waals surface area (Å²) in [5.41, 5.74) is 0. The van der Waals surface area contributed by atoms with Crippen molar-refractivity contribution in [3.8, 4) is 0 Å². The second-order valence-electron chi connectivity index (χ2n) is 3.82. The molecule has 0 aliphatic carbocycles. The van der Waals surface area contributed by atoms with Crippen LogP contribution in [0.2, 0.25) is 0 Å². The fourth-order valence-electron chi connectivity index (χ4n) is 1.27. The minimum atomic E-state index is -5.47. The molecule has 1 rings (SSSR count). The lowest BCUT2D eigenvalue weighted by Crippen LogP contribution is -2.29. The zero-order chi connectivity index (χ0) is 16.5. The third-order valence-electron chi connectivity index (χ3n) is 2.34. The number of sulfone groups is 2. The highest BCUT2D eigenvalue weighted by Gasteiger charge is 2.50. The van der Waals surface area contributed by atoms with Crippen LogP contribution in [0.15, 0.2) is 46.0 Å². The predicted molar refractivity (Wildman–Crippen MR) is 66.5 cm³/mol. The highest BCUT2D eigenvalue weighted by Crippen LogP contribution is 2.36. The van der Waals surface area contributed by atoms with Gasteiger partial charge >= 0.3 is 5.25 Å². The summed E-state index contributed by atoms with van der Waals surface area (Å²) in [4.78, 5) is -1.51. The quantitative estimate of drug-likeness (QED) is 0.850. The van der Waals surface area contributed by atoms with Crippen molar-refractivity contribution < 1.29 is 31.4 Å². The number of hydrogen-bond acceptors (Lipinski definition) is 4. The minimum Gasteiger partial charge on any atom is -0.224 e. The van der Waals surface area contributed by atoms with Crippen LogP contribution in [0.4, 0.5) is 13.2 Å². The van der Waals surface area contributed by atoms with Gasteiger partial charge in [-0.25, -0.2) is 21.2 Å². The molecule has 0 aromatic heterocycles. The van der Waals surface area contributed by atoms with Crippen molar-refractivity contribution in [3.63, 3.8) is 0 Å². The largest absolute Gasteiger partial charge is 0.400 e. The molecule has 0 bridgehead atoms. The third-order valence-corrected chi connectivity index (χ3v) is 5.19. The summed E-state index contributed by atoms with van der Waals surface area (Å²) in [6.45, 7) is -0.861. The molecule has 0 aliphatic heterocycles. The standard InChI is InChI=1S/C11H11F3O4S2/c1-3-10(12)11(13,14)20(17,18)9-6-4-5-8(7-9)19(2,15)16/h3-7H,1-2H3/i1D. The molecule has 0 N–H and O–H groups in total. The fraction of sp³-hybridized carbons (Fsp3) is 0.273. The Labute approximate surface area is 116 Å². The zero-order valence-electron chi connectivity index (χ0n) is 11.2. The molecule has 0 amide bonds. The van der Waals surface area contributed by atoms with Crippen molar-refractivity contribution in [3.05, 3.63) is 36.2 Å². The Morgan fingerprint density at radius 3 is 2.30 bits per heavy atom. The van der Waals surface area contributed by atoms with E-state index < -0.39 is 47.4 Å². The number of alkyl halides is 2. The first-order valence-electron chi connectivity index (χ1n) is 5.73. The van der Waals surface area contributed by atoms with Gasteiger partial charge in [-0.15, -0.1) is 0 Å². The van der Waals surface area contributed by atoms with Crippen molar-refractivity contribution in [2.24, 2.45) is 0 Å². The van der Waals surface area contributed by atoms with Crippen molar-refractivity contribution in [2.75, 3.05) is 6.26 Å². The van der Waals surface area contributed by atoms with Gasteiger partial charge in [0.25, 0.3) is 9.84 Å². The van der Waals surface area contributed by atoms with Gasteiger partial charge in [-0.2, -0.15) is 8.78 Å². The van der Waals surface area contributed by atoms with Gasteiger partial charge in [0.15, 0.2) is 15.7 Å². The maximum atomic E-state index is 13.6. The van der Waals surface area contributed by atoms with Gasteiger partial charge in [-0.1, -0.05) is 6.07 Å². The summed E-state index contributed by atoms with van der Waals surface area (Å²) >= 11 is 0. The van der Waals surface area contributed by atoms with Crippen LogP contribution < -0.4 is 0 Å². The van der Waals surface area contributed by atoms with Crippen LogP contribution in [0.1, 0.15) is 8.27 Å². The van der Waals surface area contributed by atoms with Crippen molar-refractivity contribution in [1.82, 2.24) is 0 Å². The van der Waals surface area contributed by atoms with Gasteiger partial charge in [-0.05, 0) is 31.2 Å². The monoisotopic (exact) mass is 329 g/mol. The molecule has 0 aliphatic rings. The first-order valence-corrected chi connectivity index (χ1v) is 8.40.